The summed E-state index contributed by atoms with van der Waals surface area (Å²) in [5, 5.41) is 25.0. The molecule has 0 saturated carbocycles. The molecule has 1 aromatic heterocycles. The van der Waals surface area contributed by atoms with Crippen molar-refractivity contribution in [3.63, 3.8) is 0 Å². The minimum absolute atomic E-state index is 0.0542. The molecule has 0 radical (unpaired) electrons. The molecular weight excluding hydrogens is 374 g/mol. The molecule has 1 aliphatic heterocycles. The topological polar surface area (TPSA) is 138 Å². The molecule has 12 heteroatoms. The normalized spacial score (nSPS) is 16.4. The summed E-state index contributed by atoms with van der Waals surface area (Å²) in [4.78, 5) is 12.3. The minimum atomic E-state index is -3.82. The maximum Gasteiger partial charge on any atom is 0.270 e. The van der Waals surface area contributed by atoms with Crippen LogP contribution < -0.4 is 4.90 Å². The number of anilines is 1. The first-order valence-electron chi connectivity index (χ1n) is 8.54. The number of likely N-dealkylation sites (N-methyl/N-ethyl adjacent to an activating group) is 1. The summed E-state index contributed by atoms with van der Waals surface area (Å²) < 4.78 is 27.6. The Kier molecular flexibility index (Phi) is 5.37. The monoisotopic (exact) mass is 395 g/mol. The number of aromatic nitrogens is 4. The molecule has 0 unspecified atom stereocenters. The van der Waals surface area contributed by atoms with Crippen LogP contribution in [0.5, 0.6) is 0 Å². The molecule has 27 heavy (non-hydrogen) atoms. The summed E-state index contributed by atoms with van der Waals surface area (Å²) >= 11 is 0. The van der Waals surface area contributed by atoms with Gasteiger partial charge in [0, 0.05) is 44.7 Å². The van der Waals surface area contributed by atoms with Gasteiger partial charge in [-0.05, 0) is 18.9 Å². The van der Waals surface area contributed by atoms with E-state index >= 15 is 0 Å². The van der Waals surface area contributed by atoms with Crippen LogP contribution in [-0.4, -0.2) is 65.0 Å². The third kappa shape index (κ3) is 3.90. The van der Waals surface area contributed by atoms with Gasteiger partial charge < -0.3 is 4.90 Å². The number of hydrogen-bond donors (Lipinski definition) is 1. The van der Waals surface area contributed by atoms with Gasteiger partial charge in [0.05, 0.1) is 10.6 Å². The Morgan fingerprint density at radius 3 is 2.67 bits per heavy atom. The van der Waals surface area contributed by atoms with Gasteiger partial charge >= 0.3 is 0 Å². The van der Waals surface area contributed by atoms with Gasteiger partial charge in [0.25, 0.3) is 5.69 Å². The van der Waals surface area contributed by atoms with Crippen LogP contribution in [-0.2, 0) is 10.0 Å². The van der Waals surface area contributed by atoms with Crippen molar-refractivity contribution in [3.8, 4) is 0 Å². The lowest BCUT2D eigenvalue weighted by molar-refractivity contribution is -0.385. The standard InChI is InChI=1S/C15H21N7O4S/c1-11(15-16-18-19-17-15)10-20(2)13-6-5-12(22(23)24)9-14(13)27(25,26)21-7-3-4-8-21/h5-6,9,11H,3-4,7-8,10H2,1-2H3,(H,16,17,18,19)/t11-/m1/s1. The molecule has 1 saturated heterocycles. The van der Waals surface area contributed by atoms with Gasteiger partial charge in [-0.25, -0.2) is 8.42 Å². The quantitative estimate of drug-likeness (QED) is 0.544. The maximum atomic E-state index is 13.1. The zero-order valence-electron chi connectivity index (χ0n) is 15.1. The first kappa shape index (κ1) is 19.2. The fraction of sp³-hybridized carbons (Fsp3) is 0.533. The predicted molar refractivity (Wildman–Crippen MR) is 97.0 cm³/mol. The number of nitrogens with one attached hydrogen (secondary N) is 1. The molecule has 1 aromatic carbocycles. The number of non-ortho nitro benzene ring substituents is 1. The Morgan fingerprint density at radius 2 is 2.07 bits per heavy atom. The molecule has 146 valence electrons. The summed E-state index contributed by atoms with van der Waals surface area (Å²) in [5.74, 6) is 0.388. The number of rotatable bonds is 7. The summed E-state index contributed by atoms with van der Waals surface area (Å²) in [6.07, 6.45) is 1.57. The Morgan fingerprint density at radius 1 is 1.37 bits per heavy atom. The third-order valence-electron chi connectivity index (χ3n) is 4.60. The average molecular weight is 395 g/mol. The Balaban J connectivity index is 1.97. The second kappa shape index (κ2) is 7.56. The Hall–Kier alpha value is -2.60. The lowest BCUT2D eigenvalue weighted by atomic mass is 10.1. The highest BCUT2D eigenvalue weighted by molar-refractivity contribution is 7.89. The molecule has 3 rings (SSSR count). The van der Waals surface area contributed by atoms with Crippen LogP contribution in [0, 0.1) is 10.1 Å². The van der Waals surface area contributed by atoms with Crippen LogP contribution in [0.3, 0.4) is 0 Å². The minimum Gasteiger partial charge on any atom is -0.373 e. The summed E-state index contributed by atoms with van der Waals surface area (Å²) in [6, 6.07) is 3.93. The van der Waals surface area contributed by atoms with E-state index in [2.05, 4.69) is 20.6 Å². The van der Waals surface area contributed by atoms with E-state index in [4.69, 9.17) is 0 Å². The molecule has 1 N–H and O–H groups in total. The highest BCUT2D eigenvalue weighted by Crippen LogP contribution is 2.33. The molecule has 1 fully saturated rings. The Bertz CT molecular complexity index is 910. The first-order chi connectivity index (χ1) is 12.8. The van der Waals surface area contributed by atoms with Crippen molar-refractivity contribution in [3.05, 3.63) is 34.1 Å². The average Bonchev–Trinajstić information content (AvgIpc) is 3.34. The molecule has 1 atom stereocenters. The van der Waals surface area contributed by atoms with E-state index < -0.39 is 14.9 Å². The van der Waals surface area contributed by atoms with Crippen molar-refractivity contribution in [1.29, 1.82) is 0 Å². The van der Waals surface area contributed by atoms with E-state index in [9.17, 15) is 18.5 Å². The maximum absolute atomic E-state index is 13.1. The smallest absolute Gasteiger partial charge is 0.270 e. The van der Waals surface area contributed by atoms with Crippen LogP contribution >= 0.6 is 0 Å². The van der Waals surface area contributed by atoms with Crippen LogP contribution in [0.25, 0.3) is 0 Å². The SMILES string of the molecule is C[C@H](CN(C)c1ccc([N+](=O)[O-])cc1S(=O)(=O)N1CCCC1)c1nn[nH]n1. The van der Waals surface area contributed by atoms with E-state index in [0.29, 0.717) is 31.1 Å². The van der Waals surface area contributed by atoms with E-state index in [-0.39, 0.29) is 16.5 Å². The zero-order valence-corrected chi connectivity index (χ0v) is 15.9. The highest BCUT2D eigenvalue weighted by atomic mass is 32.2. The van der Waals surface area contributed by atoms with Crippen LogP contribution in [0.1, 0.15) is 31.5 Å². The van der Waals surface area contributed by atoms with Crippen LogP contribution in [0.4, 0.5) is 11.4 Å². The Labute approximate surface area is 156 Å². The first-order valence-corrected chi connectivity index (χ1v) is 9.98. The molecule has 2 aromatic rings. The number of nitro groups is 1. The predicted octanol–water partition coefficient (Wildman–Crippen LogP) is 1.13. The number of benzene rings is 1. The van der Waals surface area contributed by atoms with Gasteiger partial charge in [0.15, 0.2) is 5.82 Å². The van der Waals surface area contributed by atoms with Crippen molar-refractivity contribution in [2.75, 3.05) is 31.6 Å². The lowest BCUT2D eigenvalue weighted by Gasteiger charge is -2.26. The molecule has 0 bridgehead atoms. The molecule has 0 spiro atoms. The third-order valence-corrected chi connectivity index (χ3v) is 6.53. The van der Waals surface area contributed by atoms with E-state index in [1.54, 1.807) is 11.9 Å². The number of nitrogens with zero attached hydrogens (tertiary/aromatic N) is 6. The van der Waals surface area contributed by atoms with Gasteiger partial charge in [0.2, 0.25) is 10.0 Å². The van der Waals surface area contributed by atoms with Crippen molar-refractivity contribution >= 4 is 21.4 Å². The van der Waals surface area contributed by atoms with E-state index in [0.717, 1.165) is 18.9 Å². The van der Waals surface area contributed by atoms with Gasteiger partial charge in [-0.3, -0.25) is 10.1 Å². The van der Waals surface area contributed by atoms with Crippen LogP contribution in [0.2, 0.25) is 0 Å². The summed E-state index contributed by atoms with van der Waals surface area (Å²) in [5.41, 5.74) is 0.152. The van der Waals surface area contributed by atoms with Gasteiger partial charge in [-0.1, -0.05) is 12.1 Å². The zero-order chi connectivity index (χ0) is 19.6. The van der Waals surface area contributed by atoms with Gasteiger partial charge in [-0.2, -0.15) is 9.52 Å². The van der Waals surface area contributed by atoms with Gasteiger partial charge in [-0.15, -0.1) is 10.2 Å². The lowest BCUT2D eigenvalue weighted by Crippen LogP contribution is -2.31. The van der Waals surface area contributed by atoms with Crippen LogP contribution in [0.15, 0.2) is 23.1 Å². The fourth-order valence-electron chi connectivity index (χ4n) is 3.17. The second-order valence-electron chi connectivity index (χ2n) is 6.57. The largest absolute Gasteiger partial charge is 0.373 e. The molecule has 0 aliphatic carbocycles. The van der Waals surface area contributed by atoms with E-state index in [1.165, 1.54) is 16.4 Å². The second-order valence-corrected chi connectivity index (χ2v) is 8.48. The van der Waals surface area contributed by atoms with Crippen molar-refractivity contribution in [2.24, 2.45) is 0 Å². The van der Waals surface area contributed by atoms with E-state index in [1.807, 2.05) is 6.92 Å². The molecule has 1 aliphatic rings. The highest BCUT2D eigenvalue weighted by Gasteiger charge is 2.32. The number of hydrogen-bond acceptors (Lipinski definition) is 8. The van der Waals surface area contributed by atoms with Gasteiger partial charge in [0.1, 0.15) is 4.90 Å². The number of sulfonamides is 1. The number of H-pyrrole nitrogens is 1. The molecule has 11 nitrogen and oxygen atoms in total. The van der Waals surface area contributed by atoms with Crippen molar-refractivity contribution < 1.29 is 13.3 Å². The summed E-state index contributed by atoms with van der Waals surface area (Å²) in [6.45, 7) is 3.15. The molecular formula is C15H21N7O4S. The van der Waals surface area contributed by atoms with Crippen molar-refractivity contribution in [1.82, 2.24) is 24.9 Å². The fourth-order valence-corrected chi connectivity index (χ4v) is 4.95. The molecule has 0 amide bonds. The summed E-state index contributed by atoms with van der Waals surface area (Å²) in [7, 11) is -2.09. The van der Waals surface area contributed by atoms with Crippen molar-refractivity contribution in [2.45, 2.75) is 30.6 Å². The number of aromatic amines is 1. The molecule has 2 heterocycles. The number of tetrazole rings is 1. The number of nitro benzene ring substituents is 1.